The number of nitrogens with zero attached hydrogens (tertiary/aromatic N) is 1. The lowest BCUT2D eigenvalue weighted by Crippen LogP contribution is -2.43. The van der Waals surface area contributed by atoms with Gasteiger partial charge in [0.1, 0.15) is 0 Å². The van der Waals surface area contributed by atoms with Crippen LogP contribution in [0, 0.1) is 5.92 Å². The number of urea groups is 1. The van der Waals surface area contributed by atoms with E-state index in [-0.39, 0.29) is 18.5 Å². The highest BCUT2D eigenvalue weighted by molar-refractivity contribution is 5.74. The molecule has 0 aromatic rings. The molecule has 1 heterocycles. The van der Waals surface area contributed by atoms with E-state index >= 15 is 0 Å². The molecule has 1 rings (SSSR count). The number of hydrogen-bond acceptors (Lipinski definition) is 3. The number of nitrogens with one attached hydrogen (secondary N) is 2. The molecule has 0 saturated carbocycles. The first-order valence-corrected chi connectivity index (χ1v) is 7.38. The normalized spacial score (nSPS) is 20.9. The van der Waals surface area contributed by atoms with E-state index in [0.29, 0.717) is 24.9 Å². The Morgan fingerprint density at radius 3 is 2.60 bits per heavy atom. The van der Waals surface area contributed by atoms with Crippen LogP contribution in [0.1, 0.15) is 40.0 Å². The van der Waals surface area contributed by atoms with Gasteiger partial charge in [0.05, 0.1) is 0 Å². The summed E-state index contributed by atoms with van der Waals surface area (Å²) in [6, 6.07) is 0.234. The van der Waals surface area contributed by atoms with Crippen LogP contribution in [0.25, 0.3) is 0 Å². The van der Waals surface area contributed by atoms with Gasteiger partial charge in [-0.25, -0.2) is 4.79 Å². The van der Waals surface area contributed by atoms with Crippen LogP contribution in [0.2, 0.25) is 0 Å². The van der Waals surface area contributed by atoms with Crippen molar-refractivity contribution < 1.29 is 14.7 Å². The molecular weight excluding hydrogens is 258 g/mol. The summed E-state index contributed by atoms with van der Waals surface area (Å²) in [5.41, 5.74) is 0. The molecule has 20 heavy (non-hydrogen) atoms. The number of rotatable bonds is 7. The zero-order chi connectivity index (χ0) is 15.1. The maximum atomic E-state index is 11.7. The minimum atomic E-state index is -0.834. The molecule has 0 bridgehead atoms. The van der Waals surface area contributed by atoms with Crippen LogP contribution in [0.4, 0.5) is 4.79 Å². The fourth-order valence-electron chi connectivity index (χ4n) is 2.42. The summed E-state index contributed by atoms with van der Waals surface area (Å²) in [5, 5.41) is 14.2. The zero-order valence-corrected chi connectivity index (χ0v) is 12.7. The van der Waals surface area contributed by atoms with E-state index in [1.807, 2.05) is 6.92 Å². The number of carbonyl (C=O) groups is 2. The van der Waals surface area contributed by atoms with Crippen LogP contribution >= 0.6 is 0 Å². The van der Waals surface area contributed by atoms with Crippen molar-refractivity contribution >= 4 is 12.0 Å². The Balaban J connectivity index is 2.15. The maximum Gasteiger partial charge on any atom is 0.315 e. The Bertz CT molecular complexity index is 334. The van der Waals surface area contributed by atoms with Crippen molar-refractivity contribution in [1.82, 2.24) is 15.5 Å². The van der Waals surface area contributed by atoms with Gasteiger partial charge in [0.2, 0.25) is 0 Å². The Labute approximate surface area is 120 Å². The fourth-order valence-corrected chi connectivity index (χ4v) is 2.42. The lowest BCUT2D eigenvalue weighted by atomic mass is 10.1. The van der Waals surface area contributed by atoms with Crippen LogP contribution in [0.5, 0.6) is 0 Å². The number of likely N-dealkylation sites (tertiary alicyclic amines) is 1. The molecule has 1 aliphatic rings. The van der Waals surface area contributed by atoms with Crippen molar-refractivity contribution in [2.24, 2.45) is 5.92 Å². The molecule has 116 valence electrons. The van der Waals surface area contributed by atoms with Crippen molar-refractivity contribution in [2.75, 3.05) is 19.6 Å². The van der Waals surface area contributed by atoms with E-state index in [2.05, 4.69) is 29.4 Å². The number of carboxylic acid groups (broad SMARTS) is 1. The summed E-state index contributed by atoms with van der Waals surface area (Å²) in [6.45, 7) is 9.01. The van der Waals surface area contributed by atoms with Gasteiger partial charge in [-0.05, 0) is 46.1 Å². The third-order valence-electron chi connectivity index (χ3n) is 3.77. The molecular formula is C14H27N3O3. The highest BCUT2D eigenvalue weighted by Crippen LogP contribution is 2.17. The summed E-state index contributed by atoms with van der Waals surface area (Å²) >= 11 is 0. The van der Waals surface area contributed by atoms with E-state index < -0.39 is 5.97 Å². The average Bonchev–Trinajstić information content (AvgIpc) is 2.83. The highest BCUT2D eigenvalue weighted by Gasteiger charge is 2.24. The maximum absolute atomic E-state index is 11.7. The monoisotopic (exact) mass is 285 g/mol. The lowest BCUT2D eigenvalue weighted by Gasteiger charge is -2.20. The first-order valence-electron chi connectivity index (χ1n) is 7.38. The van der Waals surface area contributed by atoms with Gasteiger partial charge >= 0.3 is 12.0 Å². The Morgan fingerprint density at radius 2 is 2.05 bits per heavy atom. The van der Waals surface area contributed by atoms with E-state index in [0.717, 1.165) is 19.5 Å². The minimum absolute atomic E-state index is 0.0768. The molecule has 3 N–H and O–H groups in total. The van der Waals surface area contributed by atoms with Gasteiger partial charge in [-0.1, -0.05) is 0 Å². The molecule has 0 spiro atoms. The van der Waals surface area contributed by atoms with Crippen LogP contribution in [-0.4, -0.2) is 53.7 Å². The predicted octanol–water partition coefficient (Wildman–Crippen LogP) is 1.27. The molecule has 2 unspecified atom stereocenters. The highest BCUT2D eigenvalue weighted by atomic mass is 16.4. The van der Waals surface area contributed by atoms with Crippen molar-refractivity contribution in [2.45, 2.75) is 52.1 Å². The number of carbonyl (C=O) groups excluding carboxylic acids is 1. The van der Waals surface area contributed by atoms with Gasteiger partial charge in [0, 0.05) is 31.6 Å². The quantitative estimate of drug-likeness (QED) is 0.658. The summed E-state index contributed by atoms with van der Waals surface area (Å²) < 4.78 is 0. The van der Waals surface area contributed by atoms with Gasteiger partial charge in [0.25, 0.3) is 0 Å². The zero-order valence-electron chi connectivity index (χ0n) is 12.7. The molecule has 6 nitrogen and oxygen atoms in total. The molecule has 1 saturated heterocycles. The first-order chi connectivity index (χ1) is 9.38. The molecule has 2 amide bonds. The third-order valence-corrected chi connectivity index (χ3v) is 3.77. The van der Waals surface area contributed by atoms with E-state index in [4.69, 9.17) is 5.11 Å². The number of hydrogen-bond donors (Lipinski definition) is 3. The van der Waals surface area contributed by atoms with Crippen LogP contribution in [-0.2, 0) is 4.79 Å². The van der Waals surface area contributed by atoms with Gasteiger partial charge in [-0.15, -0.1) is 0 Å². The first kappa shape index (κ1) is 16.8. The minimum Gasteiger partial charge on any atom is -0.481 e. The van der Waals surface area contributed by atoms with Crippen molar-refractivity contribution in [3.8, 4) is 0 Å². The van der Waals surface area contributed by atoms with Gasteiger partial charge in [0.15, 0.2) is 0 Å². The molecule has 0 aromatic heterocycles. The summed E-state index contributed by atoms with van der Waals surface area (Å²) in [7, 11) is 0. The summed E-state index contributed by atoms with van der Waals surface area (Å²) in [6.07, 6.45) is 1.65. The van der Waals surface area contributed by atoms with Crippen molar-refractivity contribution in [3.05, 3.63) is 0 Å². The summed E-state index contributed by atoms with van der Waals surface area (Å²) in [5.74, 6) is -0.323. The Hall–Kier alpha value is -1.30. The van der Waals surface area contributed by atoms with Gasteiger partial charge < -0.3 is 20.6 Å². The second-order valence-corrected chi connectivity index (χ2v) is 5.93. The average molecular weight is 285 g/mol. The second kappa shape index (κ2) is 8.09. The van der Waals surface area contributed by atoms with Gasteiger partial charge in [-0.3, -0.25) is 4.79 Å². The molecule has 1 aliphatic heterocycles. The molecule has 0 radical (unpaired) electrons. The number of aliphatic carboxylic acids is 1. The molecule has 1 fully saturated rings. The fraction of sp³-hybridized carbons (Fsp3) is 0.857. The van der Waals surface area contributed by atoms with E-state index in [9.17, 15) is 9.59 Å². The van der Waals surface area contributed by atoms with Crippen LogP contribution < -0.4 is 10.6 Å². The van der Waals surface area contributed by atoms with E-state index in [1.165, 1.54) is 0 Å². The van der Waals surface area contributed by atoms with Crippen molar-refractivity contribution in [1.29, 1.82) is 0 Å². The number of carboxylic acids is 1. The van der Waals surface area contributed by atoms with Gasteiger partial charge in [-0.2, -0.15) is 0 Å². The predicted molar refractivity (Wildman–Crippen MR) is 77.7 cm³/mol. The smallest absolute Gasteiger partial charge is 0.315 e. The summed E-state index contributed by atoms with van der Waals surface area (Å²) in [4.78, 5) is 24.5. The molecule has 0 aromatic carbocycles. The largest absolute Gasteiger partial charge is 0.481 e. The third kappa shape index (κ3) is 6.23. The molecule has 2 atom stereocenters. The van der Waals surface area contributed by atoms with E-state index in [1.54, 1.807) is 0 Å². The second-order valence-electron chi connectivity index (χ2n) is 5.93. The molecule has 0 aliphatic carbocycles. The lowest BCUT2D eigenvalue weighted by molar-refractivity contribution is -0.137. The number of amides is 2. The van der Waals surface area contributed by atoms with Crippen molar-refractivity contribution in [3.63, 3.8) is 0 Å². The molecule has 6 heteroatoms. The van der Waals surface area contributed by atoms with Crippen LogP contribution in [0.3, 0.4) is 0 Å². The Morgan fingerprint density at radius 1 is 1.35 bits per heavy atom. The standard InChI is InChI=1S/C14H27N3O3/c1-10(2)17-7-6-12(9-17)8-15-14(20)16-11(3)4-5-13(18)19/h10-12H,4-9H2,1-3H3,(H,18,19)(H2,15,16,20). The SMILES string of the molecule is CC(CCC(=O)O)NC(=O)NCC1CCN(C(C)C)C1. The Kier molecular flexibility index (Phi) is 6.78. The van der Waals surface area contributed by atoms with Crippen LogP contribution in [0.15, 0.2) is 0 Å². The topological polar surface area (TPSA) is 81.7 Å².